The lowest BCUT2D eigenvalue weighted by Crippen LogP contribution is -2.33. The predicted octanol–water partition coefficient (Wildman–Crippen LogP) is 1.47. The number of para-hydroxylation sites is 1. The molecule has 6 nitrogen and oxygen atoms in total. The van der Waals surface area contributed by atoms with E-state index in [1.807, 2.05) is 24.3 Å². The Hall–Kier alpha value is -2.12. The van der Waals surface area contributed by atoms with Crippen molar-refractivity contribution in [1.82, 2.24) is 9.71 Å². The number of fused-ring (bicyclic) bond motifs is 1. The molecule has 110 valence electrons. The number of anilines is 1. The van der Waals surface area contributed by atoms with Crippen LogP contribution in [0.25, 0.3) is 0 Å². The van der Waals surface area contributed by atoms with E-state index < -0.39 is 10.0 Å². The van der Waals surface area contributed by atoms with Gasteiger partial charge in [-0.05, 0) is 18.2 Å². The first kappa shape index (κ1) is 13.8. The Kier molecular flexibility index (Phi) is 3.52. The summed E-state index contributed by atoms with van der Waals surface area (Å²) in [5.74, 6) is 0.699. The first-order valence-corrected chi connectivity index (χ1v) is 8.01. The summed E-state index contributed by atoms with van der Waals surface area (Å²) >= 11 is 0. The summed E-state index contributed by atoms with van der Waals surface area (Å²) in [6, 6.07) is 10.1. The van der Waals surface area contributed by atoms with Gasteiger partial charge < -0.3 is 10.5 Å². The van der Waals surface area contributed by atoms with Crippen LogP contribution in [0.3, 0.4) is 0 Å². The largest absolute Gasteiger partial charge is 0.493 e. The van der Waals surface area contributed by atoms with Crippen molar-refractivity contribution in [2.24, 2.45) is 0 Å². The van der Waals surface area contributed by atoms with Gasteiger partial charge in [0.2, 0.25) is 0 Å². The Labute approximate surface area is 123 Å². The molecule has 1 aromatic carbocycles. The van der Waals surface area contributed by atoms with Gasteiger partial charge in [-0.1, -0.05) is 18.2 Å². The highest BCUT2D eigenvalue weighted by Crippen LogP contribution is 2.32. The van der Waals surface area contributed by atoms with Gasteiger partial charge in [-0.15, -0.1) is 0 Å². The third-order valence-electron chi connectivity index (χ3n) is 3.31. The number of pyridine rings is 1. The minimum absolute atomic E-state index is 0.130. The van der Waals surface area contributed by atoms with Gasteiger partial charge in [-0.2, -0.15) is 0 Å². The minimum Gasteiger partial charge on any atom is -0.493 e. The second kappa shape index (κ2) is 5.34. The molecule has 0 saturated heterocycles. The summed E-state index contributed by atoms with van der Waals surface area (Å²) in [6.07, 6.45) is 1.96. The standard InChI is InChI=1S/C14H15N3O3S/c15-11-5-3-8-16-14(11)21(18,19)17-12-7-9-20-13-6-2-1-4-10(12)13/h1-6,8,12,17H,7,9,15H2. The van der Waals surface area contributed by atoms with Crippen LogP contribution in [-0.2, 0) is 10.0 Å². The van der Waals surface area contributed by atoms with E-state index in [1.54, 1.807) is 6.07 Å². The number of nitrogens with two attached hydrogens (primary N) is 1. The zero-order valence-corrected chi connectivity index (χ0v) is 12.0. The lowest BCUT2D eigenvalue weighted by molar-refractivity contribution is 0.263. The van der Waals surface area contributed by atoms with Gasteiger partial charge in [0.1, 0.15) is 5.75 Å². The topological polar surface area (TPSA) is 94.3 Å². The summed E-state index contributed by atoms with van der Waals surface area (Å²) < 4.78 is 33.1. The highest BCUT2D eigenvalue weighted by atomic mass is 32.2. The van der Waals surface area contributed by atoms with Crippen molar-refractivity contribution >= 4 is 15.7 Å². The average molecular weight is 305 g/mol. The van der Waals surface area contributed by atoms with E-state index in [0.717, 1.165) is 5.56 Å². The van der Waals surface area contributed by atoms with E-state index >= 15 is 0 Å². The number of ether oxygens (including phenoxy) is 1. The maximum atomic E-state index is 12.4. The number of hydrogen-bond donors (Lipinski definition) is 2. The molecule has 0 bridgehead atoms. The summed E-state index contributed by atoms with van der Waals surface area (Å²) in [6.45, 7) is 0.460. The number of nitrogens with one attached hydrogen (secondary N) is 1. The highest BCUT2D eigenvalue weighted by molar-refractivity contribution is 7.89. The molecule has 2 aromatic rings. The number of nitrogens with zero attached hydrogens (tertiary/aromatic N) is 1. The Bertz CT molecular complexity index is 762. The molecule has 0 saturated carbocycles. The van der Waals surface area contributed by atoms with Crippen molar-refractivity contribution in [2.75, 3.05) is 12.3 Å². The minimum atomic E-state index is -3.77. The molecule has 0 fully saturated rings. The molecule has 3 N–H and O–H groups in total. The fourth-order valence-electron chi connectivity index (χ4n) is 2.34. The maximum Gasteiger partial charge on any atom is 0.260 e. The van der Waals surface area contributed by atoms with Crippen LogP contribution in [-0.4, -0.2) is 20.0 Å². The quantitative estimate of drug-likeness (QED) is 0.895. The molecule has 1 unspecified atom stereocenters. The first-order valence-electron chi connectivity index (χ1n) is 6.52. The molecule has 3 rings (SSSR count). The second-order valence-electron chi connectivity index (χ2n) is 4.75. The number of sulfonamides is 1. The third kappa shape index (κ3) is 2.70. The van der Waals surface area contributed by atoms with Gasteiger partial charge in [0.15, 0.2) is 5.03 Å². The molecule has 0 spiro atoms. The van der Waals surface area contributed by atoms with Crippen molar-refractivity contribution in [3.8, 4) is 5.75 Å². The van der Waals surface area contributed by atoms with E-state index in [1.165, 1.54) is 12.3 Å². The molecule has 7 heteroatoms. The van der Waals surface area contributed by atoms with Gasteiger partial charge in [0.05, 0.1) is 18.3 Å². The summed E-state index contributed by atoms with van der Waals surface area (Å²) in [7, 11) is -3.77. The summed E-state index contributed by atoms with van der Waals surface area (Å²) in [4.78, 5) is 3.86. The fraction of sp³-hybridized carbons (Fsp3) is 0.214. The Morgan fingerprint density at radius 3 is 2.86 bits per heavy atom. The van der Waals surface area contributed by atoms with Crippen molar-refractivity contribution < 1.29 is 13.2 Å². The van der Waals surface area contributed by atoms with E-state index in [-0.39, 0.29) is 16.8 Å². The van der Waals surface area contributed by atoms with E-state index in [0.29, 0.717) is 18.8 Å². The van der Waals surface area contributed by atoms with Crippen molar-refractivity contribution in [1.29, 1.82) is 0 Å². The van der Waals surface area contributed by atoms with Crippen LogP contribution < -0.4 is 15.2 Å². The van der Waals surface area contributed by atoms with Crippen molar-refractivity contribution in [3.63, 3.8) is 0 Å². The lowest BCUT2D eigenvalue weighted by atomic mass is 10.0. The number of hydrogen-bond acceptors (Lipinski definition) is 5. The number of rotatable bonds is 3. The van der Waals surface area contributed by atoms with Crippen LogP contribution in [0.15, 0.2) is 47.6 Å². The normalized spacial score (nSPS) is 17.8. The molecular formula is C14H15N3O3S. The third-order valence-corrected chi connectivity index (χ3v) is 4.76. The van der Waals surface area contributed by atoms with Crippen LogP contribution in [0.4, 0.5) is 5.69 Å². The van der Waals surface area contributed by atoms with Gasteiger partial charge in [0.25, 0.3) is 10.0 Å². The first-order chi connectivity index (χ1) is 10.1. The Morgan fingerprint density at radius 1 is 1.24 bits per heavy atom. The molecule has 0 amide bonds. The molecule has 1 aliphatic heterocycles. The highest BCUT2D eigenvalue weighted by Gasteiger charge is 2.28. The zero-order chi connectivity index (χ0) is 14.9. The van der Waals surface area contributed by atoms with Gasteiger partial charge in [-0.3, -0.25) is 0 Å². The van der Waals surface area contributed by atoms with Gasteiger partial charge in [0, 0.05) is 18.2 Å². The van der Waals surface area contributed by atoms with Crippen molar-refractivity contribution in [3.05, 3.63) is 48.2 Å². The molecule has 0 radical (unpaired) electrons. The van der Waals surface area contributed by atoms with Crippen LogP contribution >= 0.6 is 0 Å². The van der Waals surface area contributed by atoms with Crippen LogP contribution in [0.1, 0.15) is 18.0 Å². The number of benzene rings is 1. The van der Waals surface area contributed by atoms with Gasteiger partial charge in [-0.25, -0.2) is 18.1 Å². The van der Waals surface area contributed by atoms with E-state index in [4.69, 9.17) is 10.5 Å². The summed E-state index contributed by atoms with van der Waals surface area (Å²) in [5, 5.41) is -0.144. The zero-order valence-electron chi connectivity index (χ0n) is 11.2. The summed E-state index contributed by atoms with van der Waals surface area (Å²) in [5.41, 5.74) is 6.65. The second-order valence-corrected chi connectivity index (χ2v) is 6.38. The lowest BCUT2D eigenvalue weighted by Gasteiger charge is -2.26. The Morgan fingerprint density at radius 2 is 2.05 bits per heavy atom. The van der Waals surface area contributed by atoms with Crippen LogP contribution in [0.2, 0.25) is 0 Å². The SMILES string of the molecule is Nc1cccnc1S(=O)(=O)NC1CCOc2ccccc21. The molecule has 2 heterocycles. The number of aromatic nitrogens is 1. The smallest absolute Gasteiger partial charge is 0.260 e. The van der Waals surface area contributed by atoms with Crippen LogP contribution in [0, 0.1) is 0 Å². The molecular weight excluding hydrogens is 290 g/mol. The average Bonchev–Trinajstić information content (AvgIpc) is 2.47. The van der Waals surface area contributed by atoms with Crippen LogP contribution in [0.5, 0.6) is 5.75 Å². The monoisotopic (exact) mass is 305 g/mol. The van der Waals surface area contributed by atoms with Crippen molar-refractivity contribution in [2.45, 2.75) is 17.5 Å². The Balaban J connectivity index is 1.93. The molecule has 21 heavy (non-hydrogen) atoms. The van der Waals surface area contributed by atoms with E-state index in [2.05, 4.69) is 9.71 Å². The maximum absolute atomic E-state index is 12.4. The van der Waals surface area contributed by atoms with Gasteiger partial charge >= 0.3 is 0 Å². The molecule has 0 aliphatic carbocycles. The molecule has 1 aliphatic rings. The van der Waals surface area contributed by atoms with E-state index in [9.17, 15) is 8.42 Å². The predicted molar refractivity (Wildman–Crippen MR) is 78.3 cm³/mol. The number of nitrogen functional groups attached to an aromatic ring is 1. The molecule has 1 atom stereocenters. The molecule has 1 aromatic heterocycles. The fourth-order valence-corrected chi connectivity index (χ4v) is 3.64.